The van der Waals surface area contributed by atoms with Crippen molar-refractivity contribution in [3.05, 3.63) is 81.5 Å². The number of amides is 1. The van der Waals surface area contributed by atoms with Crippen molar-refractivity contribution in [1.29, 1.82) is 0 Å². The van der Waals surface area contributed by atoms with Gasteiger partial charge in [0, 0.05) is 10.6 Å². The molecule has 4 rings (SSSR count). The Labute approximate surface area is 168 Å². The second-order valence-corrected chi connectivity index (χ2v) is 9.63. The molecule has 0 saturated carbocycles. The van der Waals surface area contributed by atoms with Crippen LogP contribution >= 0.6 is 11.3 Å². The highest BCUT2D eigenvalue weighted by Crippen LogP contribution is 2.34. The number of carbonyl (C=O) groups is 1. The molecule has 1 amide bonds. The third-order valence-corrected chi connectivity index (χ3v) is 7.32. The zero-order chi connectivity index (χ0) is 19.9. The molecular weight excluding hydrogens is 392 g/mol. The molecule has 0 aliphatic carbocycles. The molecule has 1 aromatic heterocycles. The van der Waals surface area contributed by atoms with Gasteiger partial charge in [0.15, 0.2) is 0 Å². The molecule has 2 N–H and O–H groups in total. The van der Waals surface area contributed by atoms with Crippen molar-refractivity contribution < 1.29 is 13.2 Å². The zero-order valence-electron chi connectivity index (χ0n) is 15.5. The number of fused-ring (bicyclic) bond motifs is 1. The molecule has 3 aromatic rings. The van der Waals surface area contributed by atoms with Crippen molar-refractivity contribution in [3.8, 4) is 0 Å². The van der Waals surface area contributed by atoms with Gasteiger partial charge in [0.05, 0.1) is 16.9 Å². The Kier molecular flexibility index (Phi) is 4.82. The van der Waals surface area contributed by atoms with Crippen LogP contribution in [0.15, 0.2) is 64.9 Å². The summed E-state index contributed by atoms with van der Waals surface area (Å²) in [4.78, 5) is 12.9. The minimum absolute atomic E-state index is 0.117. The molecule has 1 aliphatic heterocycles. The van der Waals surface area contributed by atoms with Crippen LogP contribution in [-0.4, -0.2) is 14.3 Å². The van der Waals surface area contributed by atoms with E-state index in [4.69, 9.17) is 0 Å². The standard InChI is InChI=1S/C21H20N2O3S2/c1-13-5-7-15(8-6-13)20(19-4-3-11-27-19)23-28(25,26)16-9-10-18-17(12-16)14(2)21(24)22-18/h3-12,14,20,23H,1-2H3,(H,22,24)/t14-,20-/m1/s1. The number of rotatable bonds is 5. The van der Waals surface area contributed by atoms with Gasteiger partial charge in [-0.1, -0.05) is 35.9 Å². The number of hydrogen-bond donors (Lipinski definition) is 2. The van der Waals surface area contributed by atoms with Crippen LogP contribution in [0.5, 0.6) is 0 Å². The molecule has 0 saturated heterocycles. The van der Waals surface area contributed by atoms with E-state index in [1.54, 1.807) is 19.1 Å². The van der Waals surface area contributed by atoms with Crippen molar-refractivity contribution >= 4 is 33.0 Å². The number of benzene rings is 2. The maximum atomic E-state index is 13.2. The van der Waals surface area contributed by atoms with E-state index in [0.29, 0.717) is 11.3 Å². The van der Waals surface area contributed by atoms with Crippen molar-refractivity contribution in [2.45, 2.75) is 30.7 Å². The van der Waals surface area contributed by atoms with Gasteiger partial charge < -0.3 is 5.32 Å². The van der Waals surface area contributed by atoms with Crippen molar-refractivity contribution in [1.82, 2.24) is 4.72 Å². The van der Waals surface area contributed by atoms with Crippen molar-refractivity contribution in [3.63, 3.8) is 0 Å². The molecule has 0 spiro atoms. The van der Waals surface area contributed by atoms with E-state index >= 15 is 0 Å². The minimum Gasteiger partial charge on any atom is -0.325 e. The quantitative estimate of drug-likeness (QED) is 0.660. The second-order valence-electron chi connectivity index (χ2n) is 6.94. The highest BCUT2D eigenvalue weighted by molar-refractivity contribution is 7.89. The van der Waals surface area contributed by atoms with Gasteiger partial charge in [-0.25, -0.2) is 8.42 Å². The number of aryl methyl sites for hydroxylation is 1. The van der Waals surface area contributed by atoms with Crippen molar-refractivity contribution in [2.24, 2.45) is 0 Å². The Balaban J connectivity index is 1.71. The first-order valence-electron chi connectivity index (χ1n) is 8.92. The Morgan fingerprint density at radius 2 is 1.86 bits per heavy atom. The van der Waals surface area contributed by atoms with E-state index in [9.17, 15) is 13.2 Å². The molecule has 7 heteroatoms. The van der Waals surface area contributed by atoms with E-state index in [2.05, 4.69) is 10.0 Å². The first kappa shape index (κ1) is 18.9. The molecule has 2 heterocycles. The summed E-state index contributed by atoms with van der Waals surface area (Å²) in [6.07, 6.45) is 0. The largest absolute Gasteiger partial charge is 0.325 e. The van der Waals surface area contributed by atoms with Gasteiger partial charge in [-0.2, -0.15) is 4.72 Å². The van der Waals surface area contributed by atoms with E-state index in [-0.39, 0.29) is 16.7 Å². The first-order valence-corrected chi connectivity index (χ1v) is 11.3. The number of anilines is 1. The second kappa shape index (κ2) is 7.16. The molecular formula is C21H20N2O3S2. The molecule has 2 atom stereocenters. The van der Waals surface area contributed by atoms with Crippen LogP contribution in [-0.2, 0) is 14.8 Å². The molecule has 1 aliphatic rings. The molecule has 5 nitrogen and oxygen atoms in total. The summed E-state index contributed by atoms with van der Waals surface area (Å²) in [5.41, 5.74) is 3.37. The van der Waals surface area contributed by atoms with Crippen LogP contribution < -0.4 is 10.0 Å². The number of nitrogens with one attached hydrogen (secondary N) is 2. The summed E-state index contributed by atoms with van der Waals surface area (Å²) in [6, 6.07) is 15.9. The Morgan fingerprint density at radius 1 is 1.11 bits per heavy atom. The van der Waals surface area contributed by atoms with Crippen LogP contribution in [0.3, 0.4) is 0 Å². The normalized spacial score (nSPS) is 17.2. The predicted octanol–water partition coefficient (Wildman–Crippen LogP) is 4.18. The number of carbonyl (C=O) groups excluding carboxylic acids is 1. The van der Waals surface area contributed by atoms with Gasteiger partial charge in [0.2, 0.25) is 15.9 Å². The fourth-order valence-electron chi connectivity index (χ4n) is 3.29. The first-order chi connectivity index (χ1) is 13.3. The number of sulfonamides is 1. The van der Waals surface area contributed by atoms with E-state index in [1.165, 1.54) is 17.4 Å². The lowest BCUT2D eigenvalue weighted by Gasteiger charge is -2.19. The van der Waals surface area contributed by atoms with Crippen molar-refractivity contribution in [2.75, 3.05) is 5.32 Å². The van der Waals surface area contributed by atoms with Crippen LogP contribution in [0.1, 0.15) is 40.5 Å². The van der Waals surface area contributed by atoms with Crippen LogP contribution in [0.4, 0.5) is 5.69 Å². The zero-order valence-corrected chi connectivity index (χ0v) is 17.1. The lowest BCUT2D eigenvalue weighted by molar-refractivity contribution is -0.116. The fraction of sp³-hybridized carbons (Fsp3) is 0.190. The molecule has 28 heavy (non-hydrogen) atoms. The molecule has 0 bridgehead atoms. The monoisotopic (exact) mass is 412 g/mol. The van der Waals surface area contributed by atoms with E-state index in [1.807, 2.05) is 48.7 Å². The Morgan fingerprint density at radius 3 is 2.54 bits per heavy atom. The maximum Gasteiger partial charge on any atom is 0.241 e. The highest BCUT2D eigenvalue weighted by Gasteiger charge is 2.30. The number of hydrogen-bond acceptors (Lipinski definition) is 4. The summed E-state index contributed by atoms with van der Waals surface area (Å²) in [5.74, 6) is -0.482. The summed E-state index contributed by atoms with van der Waals surface area (Å²) in [7, 11) is -3.79. The van der Waals surface area contributed by atoms with Gasteiger partial charge in [0.25, 0.3) is 0 Å². The number of thiophene rings is 1. The summed E-state index contributed by atoms with van der Waals surface area (Å²) in [5, 5.41) is 4.70. The minimum atomic E-state index is -3.79. The molecule has 0 fully saturated rings. The smallest absolute Gasteiger partial charge is 0.241 e. The van der Waals surface area contributed by atoms with Crippen LogP contribution in [0.2, 0.25) is 0 Å². The van der Waals surface area contributed by atoms with Gasteiger partial charge in [-0.15, -0.1) is 11.3 Å². The average molecular weight is 413 g/mol. The van der Waals surface area contributed by atoms with Crippen LogP contribution in [0, 0.1) is 6.92 Å². The van der Waals surface area contributed by atoms with Gasteiger partial charge in [0.1, 0.15) is 0 Å². The van der Waals surface area contributed by atoms with Gasteiger partial charge in [-0.05, 0) is 54.6 Å². The molecule has 0 radical (unpaired) electrons. The Hall–Kier alpha value is -2.48. The maximum absolute atomic E-state index is 13.2. The van der Waals surface area contributed by atoms with E-state index in [0.717, 1.165) is 16.0 Å². The predicted molar refractivity (Wildman–Crippen MR) is 111 cm³/mol. The van der Waals surface area contributed by atoms with Gasteiger partial charge in [-0.3, -0.25) is 4.79 Å². The highest BCUT2D eigenvalue weighted by atomic mass is 32.2. The third-order valence-electron chi connectivity index (χ3n) is 4.96. The molecule has 144 valence electrons. The summed E-state index contributed by atoms with van der Waals surface area (Å²) < 4.78 is 29.2. The lowest BCUT2D eigenvalue weighted by Crippen LogP contribution is -2.29. The fourth-order valence-corrected chi connectivity index (χ4v) is 5.41. The topological polar surface area (TPSA) is 75.3 Å². The molecule has 0 unspecified atom stereocenters. The summed E-state index contributed by atoms with van der Waals surface area (Å²) >= 11 is 1.51. The average Bonchev–Trinajstić information content (AvgIpc) is 3.29. The molecule has 2 aromatic carbocycles. The Bertz CT molecular complexity index is 1120. The van der Waals surface area contributed by atoms with Crippen LogP contribution in [0.25, 0.3) is 0 Å². The lowest BCUT2D eigenvalue weighted by atomic mass is 10.0. The van der Waals surface area contributed by atoms with Gasteiger partial charge >= 0.3 is 0 Å². The third kappa shape index (κ3) is 3.48. The van der Waals surface area contributed by atoms with E-state index < -0.39 is 16.1 Å². The summed E-state index contributed by atoms with van der Waals surface area (Å²) in [6.45, 7) is 3.76. The SMILES string of the molecule is Cc1ccc([C@@H](NS(=O)(=O)c2ccc3c(c2)[C@@H](C)C(=O)N3)c2cccs2)cc1.